The van der Waals surface area contributed by atoms with E-state index in [1.165, 1.54) is 0 Å². The molecule has 1 saturated heterocycles. The third-order valence-electron chi connectivity index (χ3n) is 6.00. The summed E-state index contributed by atoms with van der Waals surface area (Å²) in [5.41, 5.74) is 2.81. The fraction of sp³-hybridized carbons (Fsp3) is 0.478. The summed E-state index contributed by atoms with van der Waals surface area (Å²) in [4.78, 5) is 20.0. The first kappa shape index (κ1) is 19.9. The molecule has 0 amide bonds. The molecule has 0 spiro atoms. The van der Waals surface area contributed by atoms with E-state index in [2.05, 4.69) is 49.2 Å². The highest BCUT2D eigenvalue weighted by atomic mass is 16.5. The number of hydrogen-bond acceptors (Lipinski definition) is 8. The minimum absolute atomic E-state index is 0.166. The van der Waals surface area contributed by atoms with Gasteiger partial charge in [0, 0.05) is 55.7 Å². The molecule has 3 aromatic rings. The number of rotatable bonds is 5. The molecule has 0 radical (unpaired) electrons. The van der Waals surface area contributed by atoms with E-state index >= 15 is 0 Å². The van der Waals surface area contributed by atoms with Crippen molar-refractivity contribution in [2.45, 2.75) is 50.9 Å². The van der Waals surface area contributed by atoms with Crippen LogP contribution in [0.25, 0.3) is 11.0 Å². The van der Waals surface area contributed by atoms with E-state index in [1.54, 1.807) is 24.8 Å². The Morgan fingerprint density at radius 3 is 2.61 bits per heavy atom. The number of nitrogens with zero attached hydrogens (tertiary/aromatic N) is 5. The first-order valence-electron chi connectivity index (χ1n) is 11.1. The van der Waals surface area contributed by atoms with E-state index in [0.717, 1.165) is 67.8 Å². The Bertz CT molecular complexity index is 1010. The minimum Gasteiger partial charge on any atom is -0.488 e. The monoisotopic (exact) mass is 420 g/mol. The van der Waals surface area contributed by atoms with Crippen molar-refractivity contribution in [3.8, 4) is 5.75 Å². The van der Waals surface area contributed by atoms with Crippen LogP contribution in [0.5, 0.6) is 5.75 Å². The number of ether oxygens (including phenoxy) is 2. The highest BCUT2D eigenvalue weighted by Gasteiger charge is 2.25. The summed E-state index contributed by atoms with van der Waals surface area (Å²) in [6.07, 6.45) is 11.4. The van der Waals surface area contributed by atoms with Crippen molar-refractivity contribution in [1.29, 1.82) is 0 Å². The van der Waals surface area contributed by atoms with Crippen LogP contribution in [0, 0.1) is 0 Å². The molecule has 31 heavy (non-hydrogen) atoms. The van der Waals surface area contributed by atoms with Gasteiger partial charge in [0.25, 0.3) is 0 Å². The Morgan fingerprint density at radius 2 is 1.81 bits per heavy atom. The molecule has 1 N–H and O–H groups in total. The SMILES string of the molecule is C[C@@H]1CN(c2cc(O[C@H]3CC[C@@H](Nc4ncccn4)CC3)c3nccnc3c2)CCO1. The quantitative estimate of drug-likeness (QED) is 0.672. The average Bonchev–Trinajstić information content (AvgIpc) is 2.81. The molecular weight excluding hydrogens is 392 g/mol. The second-order valence-electron chi connectivity index (χ2n) is 8.30. The molecule has 0 unspecified atom stereocenters. The van der Waals surface area contributed by atoms with Crippen molar-refractivity contribution in [3.05, 3.63) is 43.0 Å². The predicted molar refractivity (Wildman–Crippen MR) is 119 cm³/mol. The lowest BCUT2D eigenvalue weighted by Crippen LogP contribution is -2.41. The lowest BCUT2D eigenvalue weighted by molar-refractivity contribution is 0.0532. The van der Waals surface area contributed by atoms with E-state index in [0.29, 0.717) is 12.0 Å². The molecule has 0 bridgehead atoms. The second-order valence-corrected chi connectivity index (χ2v) is 8.30. The van der Waals surface area contributed by atoms with Crippen molar-refractivity contribution in [2.75, 3.05) is 29.9 Å². The lowest BCUT2D eigenvalue weighted by Gasteiger charge is -2.33. The average molecular weight is 421 g/mol. The van der Waals surface area contributed by atoms with Gasteiger partial charge in [0.15, 0.2) is 0 Å². The van der Waals surface area contributed by atoms with E-state index in [9.17, 15) is 0 Å². The predicted octanol–water partition coefficient (Wildman–Crippen LogP) is 3.45. The summed E-state index contributed by atoms with van der Waals surface area (Å²) in [5.74, 6) is 1.52. The molecule has 8 nitrogen and oxygen atoms in total. The number of fused-ring (bicyclic) bond motifs is 1. The van der Waals surface area contributed by atoms with Crippen molar-refractivity contribution in [2.24, 2.45) is 0 Å². The fourth-order valence-electron chi connectivity index (χ4n) is 4.41. The molecule has 1 saturated carbocycles. The molecule has 162 valence electrons. The maximum absolute atomic E-state index is 6.51. The summed E-state index contributed by atoms with van der Waals surface area (Å²) in [6, 6.07) is 6.43. The molecule has 2 aliphatic rings. The van der Waals surface area contributed by atoms with Gasteiger partial charge < -0.3 is 19.7 Å². The van der Waals surface area contributed by atoms with Crippen LogP contribution in [0.3, 0.4) is 0 Å². The van der Waals surface area contributed by atoms with Crippen LogP contribution in [0.1, 0.15) is 32.6 Å². The Morgan fingerprint density at radius 1 is 1.00 bits per heavy atom. The topological polar surface area (TPSA) is 85.3 Å². The molecule has 2 aromatic heterocycles. The van der Waals surface area contributed by atoms with Gasteiger partial charge in [-0.2, -0.15) is 0 Å². The van der Waals surface area contributed by atoms with Crippen LogP contribution in [0.4, 0.5) is 11.6 Å². The molecule has 2 fully saturated rings. The van der Waals surface area contributed by atoms with Gasteiger partial charge in [0.2, 0.25) is 5.95 Å². The van der Waals surface area contributed by atoms with Crippen LogP contribution >= 0.6 is 0 Å². The zero-order valence-electron chi connectivity index (χ0n) is 17.8. The van der Waals surface area contributed by atoms with E-state index in [4.69, 9.17) is 9.47 Å². The van der Waals surface area contributed by atoms with Gasteiger partial charge in [-0.25, -0.2) is 15.0 Å². The number of aromatic nitrogens is 4. The van der Waals surface area contributed by atoms with Crippen molar-refractivity contribution in [3.63, 3.8) is 0 Å². The minimum atomic E-state index is 0.166. The molecule has 5 rings (SSSR count). The Labute approximate surface area is 182 Å². The van der Waals surface area contributed by atoms with Gasteiger partial charge in [0.05, 0.1) is 24.3 Å². The number of nitrogens with one attached hydrogen (secondary N) is 1. The summed E-state index contributed by atoms with van der Waals surface area (Å²) in [7, 11) is 0. The molecule has 1 atom stereocenters. The summed E-state index contributed by atoms with van der Waals surface area (Å²) in [6.45, 7) is 4.58. The summed E-state index contributed by atoms with van der Waals surface area (Å²) >= 11 is 0. The molecular formula is C23H28N6O2. The Hall–Kier alpha value is -3.00. The Balaban J connectivity index is 1.29. The smallest absolute Gasteiger partial charge is 0.222 e. The van der Waals surface area contributed by atoms with E-state index < -0.39 is 0 Å². The fourth-order valence-corrected chi connectivity index (χ4v) is 4.41. The van der Waals surface area contributed by atoms with Crippen LogP contribution in [-0.4, -0.2) is 57.9 Å². The van der Waals surface area contributed by atoms with Crippen LogP contribution < -0.4 is 15.0 Å². The van der Waals surface area contributed by atoms with Crippen molar-refractivity contribution >= 4 is 22.7 Å². The van der Waals surface area contributed by atoms with Crippen LogP contribution in [0.15, 0.2) is 43.0 Å². The van der Waals surface area contributed by atoms with E-state index in [-0.39, 0.29) is 12.2 Å². The zero-order valence-corrected chi connectivity index (χ0v) is 17.8. The maximum atomic E-state index is 6.51. The first-order valence-corrected chi connectivity index (χ1v) is 11.1. The second kappa shape index (κ2) is 9.01. The third-order valence-corrected chi connectivity index (χ3v) is 6.00. The van der Waals surface area contributed by atoms with Crippen molar-refractivity contribution in [1.82, 2.24) is 19.9 Å². The number of morpholine rings is 1. The lowest BCUT2D eigenvalue weighted by atomic mass is 9.93. The van der Waals surface area contributed by atoms with Gasteiger partial charge in [0.1, 0.15) is 11.3 Å². The normalized spacial score (nSPS) is 24.2. The Kier molecular flexibility index (Phi) is 5.80. The molecule has 1 aromatic carbocycles. The van der Waals surface area contributed by atoms with Gasteiger partial charge in [-0.1, -0.05) is 0 Å². The van der Waals surface area contributed by atoms with Gasteiger partial charge >= 0.3 is 0 Å². The van der Waals surface area contributed by atoms with Crippen LogP contribution in [-0.2, 0) is 4.74 Å². The standard InChI is InChI=1S/C23H28N6O2/c1-16-15-29(11-12-30-16)18-13-20-22(25-10-9-24-20)21(14-18)31-19-5-3-17(4-6-19)28-23-26-7-2-8-27-23/h2,7-10,13-14,16-17,19H,3-6,11-12,15H2,1H3,(H,26,27,28)/t16-,17-,19+/m1/s1. The highest BCUT2D eigenvalue weighted by molar-refractivity contribution is 5.85. The molecule has 8 heteroatoms. The number of hydrogen-bond donors (Lipinski definition) is 1. The molecule has 3 heterocycles. The maximum Gasteiger partial charge on any atom is 0.222 e. The summed E-state index contributed by atoms with van der Waals surface area (Å²) < 4.78 is 12.2. The number of benzene rings is 1. The number of anilines is 2. The first-order chi connectivity index (χ1) is 15.2. The summed E-state index contributed by atoms with van der Waals surface area (Å²) in [5, 5.41) is 3.43. The van der Waals surface area contributed by atoms with Crippen molar-refractivity contribution < 1.29 is 9.47 Å². The molecule has 1 aliphatic heterocycles. The van der Waals surface area contributed by atoms with Gasteiger partial charge in [-0.05, 0) is 44.7 Å². The molecule has 1 aliphatic carbocycles. The van der Waals surface area contributed by atoms with Crippen LogP contribution in [0.2, 0.25) is 0 Å². The van der Waals surface area contributed by atoms with Gasteiger partial charge in [-0.15, -0.1) is 0 Å². The van der Waals surface area contributed by atoms with Gasteiger partial charge in [-0.3, -0.25) is 4.98 Å². The highest BCUT2D eigenvalue weighted by Crippen LogP contribution is 2.33. The third kappa shape index (κ3) is 4.69. The van der Waals surface area contributed by atoms with E-state index in [1.807, 2.05) is 6.07 Å². The zero-order chi connectivity index (χ0) is 21.0. The largest absolute Gasteiger partial charge is 0.488 e.